The molecule has 4 aliphatic carbocycles. The Morgan fingerprint density at radius 1 is 1.21 bits per heavy atom. The zero-order valence-electron chi connectivity index (χ0n) is 20.6. The lowest BCUT2D eigenvalue weighted by atomic mass is 9.45. The van der Waals surface area contributed by atoms with Crippen molar-refractivity contribution in [3.05, 3.63) is 11.6 Å². The molecule has 0 aromatic rings. The van der Waals surface area contributed by atoms with Crippen molar-refractivity contribution in [1.29, 1.82) is 0 Å². The van der Waals surface area contributed by atoms with Crippen LogP contribution in [0.25, 0.3) is 0 Å². The molecule has 34 heavy (non-hydrogen) atoms. The SMILES string of the molecule is CC(C)OC(=O)OC1(C(=O)OCCCl)CC[C@H]2[C@@H]3CCC4=CC(=O)CC[C@]4(C)[C@@H]3C(O)C[C@@]21C. The average molecular weight is 497 g/mol. The first kappa shape index (κ1) is 25.5. The summed E-state index contributed by atoms with van der Waals surface area (Å²) in [5, 5.41) is 11.6. The van der Waals surface area contributed by atoms with Gasteiger partial charge in [0.1, 0.15) is 6.61 Å². The molecule has 4 rings (SSSR count). The summed E-state index contributed by atoms with van der Waals surface area (Å²) >= 11 is 5.77. The largest absolute Gasteiger partial charge is 0.509 e. The molecule has 0 aromatic heterocycles. The number of ether oxygens (including phenoxy) is 3. The highest BCUT2D eigenvalue weighted by Crippen LogP contribution is 2.68. The molecule has 190 valence electrons. The van der Waals surface area contributed by atoms with Gasteiger partial charge >= 0.3 is 12.1 Å². The third kappa shape index (κ3) is 3.87. The Morgan fingerprint density at radius 2 is 1.94 bits per heavy atom. The van der Waals surface area contributed by atoms with Crippen molar-refractivity contribution in [2.75, 3.05) is 12.5 Å². The number of hydrogen-bond donors (Lipinski definition) is 1. The summed E-state index contributed by atoms with van der Waals surface area (Å²) in [4.78, 5) is 38.2. The number of hydrogen-bond acceptors (Lipinski definition) is 7. The smallest absolute Gasteiger partial charge is 0.461 e. The number of ketones is 1. The maximum absolute atomic E-state index is 13.5. The fraction of sp³-hybridized carbons (Fsp3) is 0.808. The molecule has 4 aliphatic rings. The lowest BCUT2D eigenvalue weighted by Gasteiger charge is -2.60. The van der Waals surface area contributed by atoms with Crippen LogP contribution in [0.3, 0.4) is 0 Å². The van der Waals surface area contributed by atoms with E-state index in [1.54, 1.807) is 19.9 Å². The van der Waals surface area contributed by atoms with Crippen molar-refractivity contribution in [2.24, 2.45) is 28.6 Å². The molecule has 0 aliphatic heterocycles. The van der Waals surface area contributed by atoms with E-state index >= 15 is 0 Å². The van der Waals surface area contributed by atoms with E-state index in [9.17, 15) is 19.5 Å². The number of alkyl halides is 1. The summed E-state index contributed by atoms with van der Waals surface area (Å²) in [6.07, 6.45) is 3.98. The maximum Gasteiger partial charge on any atom is 0.509 e. The molecular weight excluding hydrogens is 460 g/mol. The van der Waals surface area contributed by atoms with Crippen LogP contribution in [-0.2, 0) is 23.8 Å². The minimum atomic E-state index is -1.54. The van der Waals surface area contributed by atoms with Gasteiger partial charge in [0, 0.05) is 11.8 Å². The Bertz CT molecular complexity index is 884. The minimum Gasteiger partial charge on any atom is -0.461 e. The van der Waals surface area contributed by atoms with Crippen LogP contribution in [0.1, 0.15) is 72.6 Å². The van der Waals surface area contributed by atoms with E-state index in [4.69, 9.17) is 25.8 Å². The summed E-state index contributed by atoms with van der Waals surface area (Å²) in [5.41, 5.74) is -1.44. The molecule has 0 amide bonds. The molecule has 0 radical (unpaired) electrons. The minimum absolute atomic E-state index is 0.00375. The van der Waals surface area contributed by atoms with Crippen molar-refractivity contribution in [3.63, 3.8) is 0 Å². The van der Waals surface area contributed by atoms with Crippen LogP contribution in [-0.4, -0.2) is 53.3 Å². The molecular formula is C26H37ClO7. The molecule has 0 bridgehead atoms. The summed E-state index contributed by atoms with van der Waals surface area (Å²) in [5.74, 6) is -0.104. The number of allylic oxidation sites excluding steroid dienone is 1. The standard InChI is InChI=1S/C26H37ClO7/c1-15(2)33-23(31)34-26(22(30)32-12-11-27)10-8-19-18-6-5-16-13-17(28)7-9-24(16,3)21(18)20(29)14-25(19,26)4/h13,15,18-21,29H,5-12,14H2,1-4H3/t18-,19-,20?,21-,24-,25-,26?/m0/s1. The van der Waals surface area contributed by atoms with Gasteiger partial charge in [-0.15, -0.1) is 11.6 Å². The third-order valence-corrected chi connectivity index (χ3v) is 9.40. The van der Waals surface area contributed by atoms with E-state index in [-0.39, 0.29) is 41.4 Å². The van der Waals surface area contributed by atoms with Crippen molar-refractivity contribution in [2.45, 2.75) is 90.4 Å². The number of aliphatic hydroxyl groups excluding tert-OH is 1. The predicted molar refractivity (Wildman–Crippen MR) is 125 cm³/mol. The number of esters is 1. The summed E-state index contributed by atoms with van der Waals surface area (Å²) in [7, 11) is 0. The molecule has 2 unspecified atom stereocenters. The fourth-order valence-electron chi connectivity index (χ4n) is 7.83. The van der Waals surface area contributed by atoms with E-state index in [1.807, 2.05) is 6.92 Å². The monoisotopic (exact) mass is 496 g/mol. The quantitative estimate of drug-likeness (QED) is 0.439. The number of halogens is 1. The van der Waals surface area contributed by atoms with E-state index in [2.05, 4.69) is 6.92 Å². The maximum atomic E-state index is 13.5. The topological polar surface area (TPSA) is 99.1 Å². The first-order valence-corrected chi connectivity index (χ1v) is 13.1. The second-order valence-electron chi connectivity index (χ2n) is 11.3. The first-order valence-electron chi connectivity index (χ1n) is 12.5. The number of aliphatic hydroxyl groups is 1. The summed E-state index contributed by atoms with van der Waals surface area (Å²) < 4.78 is 16.6. The second-order valence-corrected chi connectivity index (χ2v) is 11.7. The molecule has 0 heterocycles. The molecule has 3 saturated carbocycles. The van der Waals surface area contributed by atoms with Crippen molar-refractivity contribution < 1.29 is 33.7 Å². The van der Waals surface area contributed by atoms with Crippen LogP contribution in [0.15, 0.2) is 11.6 Å². The molecule has 0 spiro atoms. The van der Waals surface area contributed by atoms with Gasteiger partial charge in [-0.25, -0.2) is 9.59 Å². The van der Waals surface area contributed by atoms with E-state index in [0.717, 1.165) is 24.8 Å². The van der Waals surface area contributed by atoms with Gasteiger partial charge in [-0.3, -0.25) is 4.79 Å². The zero-order chi connectivity index (χ0) is 24.9. The fourth-order valence-corrected chi connectivity index (χ4v) is 7.90. The predicted octanol–water partition coefficient (Wildman–Crippen LogP) is 4.57. The third-order valence-electron chi connectivity index (χ3n) is 9.25. The lowest BCUT2D eigenvalue weighted by Crippen LogP contribution is -2.63. The Morgan fingerprint density at radius 3 is 2.62 bits per heavy atom. The number of carbonyl (C=O) groups is 3. The van der Waals surface area contributed by atoms with E-state index in [1.165, 1.54) is 0 Å². The van der Waals surface area contributed by atoms with Crippen LogP contribution >= 0.6 is 11.6 Å². The lowest BCUT2D eigenvalue weighted by molar-refractivity contribution is -0.203. The number of fused-ring (bicyclic) bond motifs is 5. The van der Waals surface area contributed by atoms with Gasteiger partial charge in [0.05, 0.1) is 18.1 Å². The van der Waals surface area contributed by atoms with Gasteiger partial charge in [-0.05, 0) is 81.6 Å². The Labute approximate surface area is 206 Å². The second kappa shape index (κ2) is 9.12. The zero-order valence-corrected chi connectivity index (χ0v) is 21.4. The highest BCUT2D eigenvalue weighted by Gasteiger charge is 2.71. The first-order chi connectivity index (χ1) is 16.0. The van der Waals surface area contributed by atoms with Gasteiger partial charge in [0.25, 0.3) is 0 Å². The summed E-state index contributed by atoms with van der Waals surface area (Å²) in [6.45, 7) is 7.59. The highest BCUT2D eigenvalue weighted by atomic mass is 35.5. The van der Waals surface area contributed by atoms with Crippen molar-refractivity contribution in [1.82, 2.24) is 0 Å². The highest BCUT2D eigenvalue weighted by molar-refractivity contribution is 6.18. The van der Waals surface area contributed by atoms with Gasteiger partial charge < -0.3 is 19.3 Å². The van der Waals surface area contributed by atoms with Gasteiger partial charge in [-0.2, -0.15) is 0 Å². The molecule has 7 nitrogen and oxygen atoms in total. The van der Waals surface area contributed by atoms with Crippen LogP contribution < -0.4 is 0 Å². The van der Waals surface area contributed by atoms with Crippen LogP contribution in [0.4, 0.5) is 4.79 Å². The Hall–Kier alpha value is -1.60. The van der Waals surface area contributed by atoms with Gasteiger partial charge in [-0.1, -0.05) is 19.4 Å². The molecule has 0 aromatic carbocycles. The molecule has 8 heteroatoms. The van der Waals surface area contributed by atoms with Crippen molar-refractivity contribution in [3.8, 4) is 0 Å². The Kier molecular flexibility index (Phi) is 6.84. The molecule has 0 saturated heterocycles. The molecule has 1 N–H and O–H groups in total. The molecule has 7 atom stereocenters. The van der Waals surface area contributed by atoms with E-state index in [0.29, 0.717) is 25.7 Å². The molecule has 3 fully saturated rings. The van der Waals surface area contributed by atoms with Crippen LogP contribution in [0, 0.1) is 28.6 Å². The Balaban J connectivity index is 1.71. The summed E-state index contributed by atoms with van der Waals surface area (Å²) in [6, 6.07) is 0. The normalized spacial score (nSPS) is 41.1. The van der Waals surface area contributed by atoms with Gasteiger partial charge in [0.2, 0.25) is 5.60 Å². The van der Waals surface area contributed by atoms with Crippen LogP contribution in [0.5, 0.6) is 0 Å². The number of rotatable bonds is 5. The van der Waals surface area contributed by atoms with Crippen molar-refractivity contribution >= 4 is 29.5 Å². The average Bonchev–Trinajstić information content (AvgIpc) is 3.04. The van der Waals surface area contributed by atoms with Gasteiger partial charge in [0.15, 0.2) is 5.78 Å². The van der Waals surface area contributed by atoms with E-state index < -0.39 is 35.3 Å². The van der Waals surface area contributed by atoms with Crippen LogP contribution in [0.2, 0.25) is 0 Å². The number of carbonyl (C=O) groups excluding carboxylic acids is 3.